The van der Waals surface area contributed by atoms with Gasteiger partial charge in [-0.3, -0.25) is 9.59 Å². The fourth-order valence-electron chi connectivity index (χ4n) is 1.46. The van der Waals surface area contributed by atoms with Gasteiger partial charge in [-0.25, -0.2) is 0 Å². The van der Waals surface area contributed by atoms with Gasteiger partial charge in [0.05, 0.1) is 25.7 Å². The summed E-state index contributed by atoms with van der Waals surface area (Å²) in [4.78, 5) is 22.9. The van der Waals surface area contributed by atoms with E-state index in [4.69, 9.17) is 9.47 Å². The van der Waals surface area contributed by atoms with Crippen LogP contribution in [0.1, 0.15) is 32.6 Å². The second kappa shape index (κ2) is 12.3. The van der Waals surface area contributed by atoms with Crippen LogP contribution in [0.25, 0.3) is 0 Å². The number of nitrogens with one attached hydrogen (secondary N) is 1. The largest absolute Gasteiger partial charge is 0.466 e. The average Bonchev–Trinajstić information content (AvgIpc) is 2.40. The van der Waals surface area contributed by atoms with Gasteiger partial charge in [-0.15, -0.1) is 0 Å². The Kier molecular flexibility index (Phi) is 11.8. The monoisotopic (exact) mass is 291 g/mol. The molecule has 0 saturated carbocycles. The molecule has 0 aliphatic rings. The highest BCUT2D eigenvalue weighted by Gasteiger charge is 2.13. The van der Waals surface area contributed by atoms with Gasteiger partial charge in [0.2, 0.25) is 5.91 Å². The van der Waals surface area contributed by atoms with Gasteiger partial charge in [-0.1, -0.05) is 6.92 Å². The molecule has 1 unspecified atom stereocenters. The second-order valence-electron chi connectivity index (χ2n) is 4.22. The van der Waals surface area contributed by atoms with E-state index in [1.54, 1.807) is 18.9 Å². The Morgan fingerprint density at radius 2 is 2.05 bits per heavy atom. The predicted octanol–water partition coefficient (Wildman–Crippen LogP) is 1.60. The summed E-state index contributed by atoms with van der Waals surface area (Å²) in [5.74, 6) is 0.522. The van der Waals surface area contributed by atoms with E-state index in [0.717, 1.165) is 18.6 Å². The van der Waals surface area contributed by atoms with E-state index in [-0.39, 0.29) is 30.8 Å². The van der Waals surface area contributed by atoms with Crippen LogP contribution in [0, 0.1) is 0 Å². The van der Waals surface area contributed by atoms with Crippen LogP contribution in [-0.4, -0.2) is 50.3 Å². The lowest BCUT2D eigenvalue weighted by molar-refractivity contribution is -0.145. The molecule has 6 heteroatoms. The summed E-state index contributed by atoms with van der Waals surface area (Å²) >= 11 is 1.73. The summed E-state index contributed by atoms with van der Waals surface area (Å²) in [5.41, 5.74) is 0. The molecule has 0 fully saturated rings. The van der Waals surface area contributed by atoms with Gasteiger partial charge in [0.15, 0.2) is 0 Å². The third-order valence-electron chi connectivity index (χ3n) is 2.43. The number of esters is 1. The number of rotatable bonds is 11. The highest BCUT2D eigenvalue weighted by Crippen LogP contribution is 2.02. The molecule has 5 nitrogen and oxygen atoms in total. The van der Waals surface area contributed by atoms with Crippen LogP contribution >= 0.6 is 11.8 Å². The molecular weight excluding hydrogens is 266 g/mol. The van der Waals surface area contributed by atoms with Crippen LogP contribution in [0.2, 0.25) is 0 Å². The highest BCUT2D eigenvalue weighted by atomic mass is 32.2. The summed E-state index contributed by atoms with van der Waals surface area (Å²) in [6.45, 7) is 2.84. The lowest BCUT2D eigenvalue weighted by atomic mass is 10.2. The van der Waals surface area contributed by atoms with Crippen molar-refractivity contribution in [2.45, 2.75) is 38.6 Å². The number of ether oxygens (including phenoxy) is 2. The van der Waals surface area contributed by atoms with Crippen LogP contribution in [-0.2, 0) is 19.1 Å². The van der Waals surface area contributed by atoms with E-state index in [2.05, 4.69) is 5.32 Å². The first-order valence-corrected chi connectivity index (χ1v) is 7.96. The Hall–Kier alpha value is -0.750. The molecule has 1 atom stereocenters. The molecule has 0 heterocycles. The lowest BCUT2D eigenvalue weighted by Gasteiger charge is -2.17. The molecule has 19 heavy (non-hydrogen) atoms. The van der Waals surface area contributed by atoms with Crippen molar-refractivity contribution in [3.05, 3.63) is 0 Å². The van der Waals surface area contributed by atoms with E-state index in [9.17, 15) is 9.59 Å². The van der Waals surface area contributed by atoms with Crippen LogP contribution in [0.5, 0.6) is 0 Å². The summed E-state index contributed by atoms with van der Waals surface area (Å²) in [6.07, 6.45) is 3.98. The van der Waals surface area contributed by atoms with Gasteiger partial charge in [-0.05, 0) is 24.9 Å². The van der Waals surface area contributed by atoms with E-state index in [0.29, 0.717) is 13.2 Å². The standard InChI is InChI=1S/C13H25NO4S/c1-4-8-18-13(16)6-5-12(15)14-11(10-17-2)7-9-19-3/h11H,4-10H2,1-3H3,(H,14,15). The summed E-state index contributed by atoms with van der Waals surface area (Å²) in [5, 5.41) is 2.88. The van der Waals surface area contributed by atoms with Crippen molar-refractivity contribution in [2.75, 3.05) is 32.3 Å². The molecule has 0 aromatic rings. The molecule has 1 N–H and O–H groups in total. The van der Waals surface area contributed by atoms with Gasteiger partial charge in [0, 0.05) is 13.5 Å². The zero-order chi connectivity index (χ0) is 14.5. The van der Waals surface area contributed by atoms with Gasteiger partial charge < -0.3 is 14.8 Å². The Balaban J connectivity index is 3.87. The molecule has 1 amide bonds. The van der Waals surface area contributed by atoms with Gasteiger partial charge in [0.25, 0.3) is 0 Å². The molecule has 0 aromatic heterocycles. The number of amides is 1. The molecule has 0 spiro atoms. The number of thioether (sulfide) groups is 1. The SMILES string of the molecule is CCCOC(=O)CCC(=O)NC(CCSC)COC. The van der Waals surface area contributed by atoms with Crippen molar-refractivity contribution in [1.29, 1.82) is 0 Å². The zero-order valence-corrected chi connectivity index (χ0v) is 12.9. The van der Waals surface area contributed by atoms with Crippen LogP contribution in [0.4, 0.5) is 0 Å². The van der Waals surface area contributed by atoms with Gasteiger partial charge >= 0.3 is 5.97 Å². The number of hydrogen-bond donors (Lipinski definition) is 1. The van der Waals surface area contributed by atoms with E-state index >= 15 is 0 Å². The fourth-order valence-corrected chi connectivity index (χ4v) is 1.98. The number of carbonyl (C=O) groups excluding carboxylic acids is 2. The molecule has 0 aliphatic carbocycles. The van der Waals surface area contributed by atoms with Crippen molar-refractivity contribution in [3.8, 4) is 0 Å². The average molecular weight is 291 g/mol. The van der Waals surface area contributed by atoms with E-state index in [1.165, 1.54) is 0 Å². The first-order valence-electron chi connectivity index (χ1n) is 6.56. The molecule has 0 rings (SSSR count). The molecule has 0 saturated heterocycles. The molecule has 0 bridgehead atoms. The molecule has 0 radical (unpaired) electrons. The maximum atomic E-state index is 11.7. The molecule has 0 aliphatic heterocycles. The predicted molar refractivity (Wildman–Crippen MR) is 77.3 cm³/mol. The first-order chi connectivity index (χ1) is 9.13. The van der Waals surface area contributed by atoms with Gasteiger partial charge in [-0.2, -0.15) is 11.8 Å². The number of methoxy groups -OCH3 is 1. The Labute approximate surface area is 119 Å². The molecular formula is C13H25NO4S. The number of carbonyl (C=O) groups is 2. The van der Waals surface area contributed by atoms with Crippen LogP contribution in [0.3, 0.4) is 0 Å². The molecule has 112 valence electrons. The van der Waals surface area contributed by atoms with Crippen molar-refractivity contribution >= 4 is 23.6 Å². The van der Waals surface area contributed by atoms with Crippen LogP contribution < -0.4 is 5.32 Å². The quantitative estimate of drug-likeness (QED) is 0.586. The maximum Gasteiger partial charge on any atom is 0.306 e. The summed E-state index contributed by atoms with van der Waals surface area (Å²) < 4.78 is 9.98. The molecule has 0 aromatic carbocycles. The minimum atomic E-state index is -0.315. The minimum absolute atomic E-state index is 0.0108. The van der Waals surface area contributed by atoms with Crippen molar-refractivity contribution in [2.24, 2.45) is 0 Å². The normalized spacial score (nSPS) is 11.9. The van der Waals surface area contributed by atoms with Crippen molar-refractivity contribution < 1.29 is 19.1 Å². The lowest BCUT2D eigenvalue weighted by Crippen LogP contribution is -2.38. The Morgan fingerprint density at radius 3 is 2.63 bits per heavy atom. The Bertz CT molecular complexity index is 261. The van der Waals surface area contributed by atoms with E-state index < -0.39 is 0 Å². The smallest absolute Gasteiger partial charge is 0.306 e. The summed E-state index contributed by atoms with van der Waals surface area (Å²) in [6, 6.07) is 0.0108. The fraction of sp³-hybridized carbons (Fsp3) is 0.846. The highest BCUT2D eigenvalue weighted by molar-refractivity contribution is 7.98. The van der Waals surface area contributed by atoms with Crippen molar-refractivity contribution in [1.82, 2.24) is 5.32 Å². The summed E-state index contributed by atoms with van der Waals surface area (Å²) in [7, 11) is 1.61. The third-order valence-corrected chi connectivity index (χ3v) is 3.07. The minimum Gasteiger partial charge on any atom is -0.466 e. The maximum absolute atomic E-state index is 11.7. The van der Waals surface area contributed by atoms with Gasteiger partial charge in [0.1, 0.15) is 0 Å². The Morgan fingerprint density at radius 1 is 1.32 bits per heavy atom. The van der Waals surface area contributed by atoms with Crippen molar-refractivity contribution in [3.63, 3.8) is 0 Å². The van der Waals surface area contributed by atoms with Crippen LogP contribution in [0.15, 0.2) is 0 Å². The van der Waals surface area contributed by atoms with E-state index in [1.807, 2.05) is 13.2 Å². The second-order valence-corrected chi connectivity index (χ2v) is 5.21. The number of hydrogen-bond acceptors (Lipinski definition) is 5. The zero-order valence-electron chi connectivity index (χ0n) is 12.1. The third kappa shape index (κ3) is 10.8. The first kappa shape index (κ1) is 18.2. The topological polar surface area (TPSA) is 64.6 Å².